The molecule has 1 aromatic heterocycles. The fourth-order valence-corrected chi connectivity index (χ4v) is 4.31. The molecule has 1 aliphatic heterocycles. The number of hydrogen-bond acceptors (Lipinski definition) is 4. The lowest BCUT2D eigenvalue weighted by molar-refractivity contribution is 0.109. The summed E-state index contributed by atoms with van der Waals surface area (Å²) in [6.45, 7) is 12.6. The number of thiophene rings is 1. The highest BCUT2D eigenvalue weighted by molar-refractivity contribution is 8.15. The van der Waals surface area contributed by atoms with Crippen LogP contribution in [-0.2, 0) is 0 Å². The van der Waals surface area contributed by atoms with E-state index in [9.17, 15) is 4.79 Å². The molecular weight excluding hydrogens is 298 g/mol. The van der Waals surface area contributed by atoms with Gasteiger partial charge in [0.1, 0.15) is 4.67 Å². The molecule has 2 heterocycles. The van der Waals surface area contributed by atoms with Crippen molar-refractivity contribution in [1.29, 1.82) is 0 Å². The van der Waals surface area contributed by atoms with E-state index in [1.165, 1.54) is 34.2 Å². The number of fused-ring (bicyclic) bond motifs is 1. The molecule has 0 bridgehead atoms. The molecule has 2 nitrogen and oxygen atoms in total. The summed E-state index contributed by atoms with van der Waals surface area (Å²) < 4.78 is 0.936. The van der Waals surface area contributed by atoms with Gasteiger partial charge in [0, 0.05) is 15.7 Å². The molecule has 0 fully saturated rings. The van der Waals surface area contributed by atoms with E-state index in [1.54, 1.807) is 0 Å². The van der Waals surface area contributed by atoms with Gasteiger partial charge in [0.05, 0.1) is 4.88 Å². The zero-order chi connectivity index (χ0) is 15.8. The molecule has 0 atom stereocenters. The summed E-state index contributed by atoms with van der Waals surface area (Å²) in [4.78, 5) is 18.0. The third-order valence-electron chi connectivity index (χ3n) is 3.46. The minimum Gasteiger partial charge on any atom is -0.281 e. The van der Waals surface area contributed by atoms with Gasteiger partial charge in [-0.1, -0.05) is 45.0 Å². The largest absolute Gasteiger partial charge is 0.281 e. The third kappa shape index (κ3) is 3.86. The first kappa shape index (κ1) is 16.5. The number of nitrogens with zero attached hydrogens (tertiary/aromatic N) is 1. The fraction of sp³-hybridized carbons (Fsp3) is 0.529. The number of hydrogen-bond donors (Lipinski definition) is 0. The van der Waals surface area contributed by atoms with Crippen molar-refractivity contribution in [1.82, 2.24) is 0 Å². The highest BCUT2D eigenvalue weighted by atomic mass is 32.2. The van der Waals surface area contributed by atoms with Crippen LogP contribution < -0.4 is 9.89 Å². The summed E-state index contributed by atoms with van der Waals surface area (Å²) in [7, 11) is 0. The second-order valence-electron chi connectivity index (χ2n) is 6.44. The first-order valence-electron chi connectivity index (χ1n) is 7.31. The van der Waals surface area contributed by atoms with E-state index in [2.05, 4.69) is 41.5 Å². The number of rotatable bonds is 2. The normalized spacial score (nSPS) is 15.6. The number of carbonyl (C=O) groups is 1. The standard InChI is InChI=1S/C17H23NOS2/c1-7-12-8-10(2)13-9-14(16(19)21-17(4,5)6)20-15(13)18-11(12)3/h9H,7-8H2,1-6H3. The van der Waals surface area contributed by atoms with Crippen LogP contribution >= 0.6 is 23.1 Å². The molecule has 1 aromatic rings. The number of carbonyl (C=O) groups excluding carboxylic acids is 1. The Balaban J connectivity index is 2.49. The molecule has 0 aliphatic carbocycles. The molecule has 0 aromatic carbocycles. The average Bonchev–Trinajstić information content (AvgIpc) is 2.73. The summed E-state index contributed by atoms with van der Waals surface area (Å²) in [5.41, 5.74) is 3.83. The molecule has 0 radical (unpaired) electrons. The van der Waals surface area contributed by atoms with Gasteiger partial charge >= 0.3 is 0 Å². The van der Waals surface area contributed by atoms with Gasteiger partial charge in [0.2, 0.25) is 5.12 Å². The Hall–Kier alpha value is -0.870. The molecule has 1 aliphatic rings. The van der Waals surface area contributed by atoms with Crippen LogP contribution in [0.4, 0.5) is 0 Å². The molecule has 0 amide bonds. The predicted molar refractivity (Wildman–Crippen MR) is 93.5 cm³/mol. The Bertz CT molecular complexity index is 717. The van der Waals surface area contributed by atoms with Gasteiger partial charge in [-0.3, -0.25) is 4.79 Å². The molecular formula is C17H23NOS2. The van der Waals surface area contributed by atoms with E-state index in [0.717, 1.165) is 33.3 Å². The SMILES string of the molecule is CCC1=C(C)N=c2sc(C(=O)SC(C)(C)C)cc2=C(C)C1. The Morgan fingerprint density at radius 3 is 2.62 bits per heavy atom. The second-order valence-corrected chi connectivity index (χ2v) is 9.27. The van der Waals surface area contributed by atoms with Crippen molar-refractivity contribution in [2.75, 3.05) is 0 Å². The van der Waals surface area contributed by atoms with Crippen LogP contribution in [0.15, 0.2) is 22.3 Å². The van der Waals surface area contributed by atoms with Crippen LogP contribution in [0.25, 0.3) is 5.57 Å². The Kier molecular flexibility index (Phi) is 4.79. The van der Waals surface area contributed by atoms with Crippen molar-refractivity contribution < 1.29 is 4.79 Å². The van der Waals surface area contributed by atoms with Gasteiger partial charge in [0.25, 0.3) is 0 Å². The molecule has 21 heavy (non-hydrogen) atoms. The zero-order valence-corrected chi connectivity index (χ0v) is 15.3. The van der Waals surface area contributed by atoms with Crippen molar-refractivity contribution in [3.8, 4) is 0 Å². The maximum Gasteiger partial charge on any atom is 0.229 e. The number of thioether (sulfide) groups is 1. The van der Waals surface area contributed by atoms with Gasteiger partial charge in [0.15, 0.2) is 0 Å². The van der Waals surface area contributed by atoms with Gasteiger partial charge in [-0.25, -0.2) is 4.99 Å². The molecule has 0 saturated heterocycles. The lowest BCUT2D eigenvalue weighted by Crippen LogP contribution is -2.19. The van der Waals surface area contributed by atoms with Gasteiger partial charge < -0.3 is 0 Å². The number of allylic oxidation sites excluding steroid dienone is 2. The van der Waals surface area contributed by atoms with Crippen molar-refractivity contribution >= 4 is 33.8 Å². The summed E-state index contributed by atoms with van der Waals surface area (Å²) >= 11 is 2.92. The van der Waals surface area contributed by atoms with Crippen molar-refractivity contribution in [3.05, 3.63) is 32.1 Å². The highest BCUT2D eigenvalue weighted by Crippen LogP contribution is 2.28. The first-order valence-corrected chi connectivity index (χ1v) is 8.95. The third-order valence-corrected chi connectivity index (χ3v) is 5.63. The second kappa shape index (κ2) is 6.09. The monoisotopic (exact) mass is 321 g/mol. The molecule has 0 saturated carbocycles. The van der Waals surface area contributed by atoms with Crippen molar-refractivity contribution in [2.24, 2.45) is 4.99 Å². The minimum atomic E-state index is -0.0560. The first-order chi connectivity index (χ1) is 9.71. The molecule has 0 unspecified atom stereocenters. The van der Waals surface area contributed by atoms with Crippen LogP contribution in [0.5, 0.6) is 0 Å². The Morgan fingerprint density at radius 2 is 2.05 bits per heavy atom. The van der Waals surface area contributed by atoms with Crippen LogP contribution in [0.1, 0.15) is 64.1 Å². The average molecular weight is 322 g/mol. The quantitative estimate of drug-likeness (QED) is 0.813. The van der Waals surface area contributed by atoms with Crippen LogP contribution in [0.3, 0.4) is 0 Å². The lowest BCUT2D eigenvalue weighted by Gasteiger charge is -2.14. The van der Waals surface area contributed by atoms with Crippen molar-refractivity contribution in [3.63, 3.8) is 0 Å². The predicted octanol–water partition coefficient (Wildman–Crippen LogP) is 4.30. The van der Waals surface area contributed by atoms with Gasteiger partial charge in [-0.05, 0) is 38.3 Å². The van der Waals surface area contributed by atoms with E-state index in [0.29, 0.717) is 0 Å². The maximum absolute atomic E-state index is 12.4. The van der Waals surface area contributed by atoms with Gasteiger partial charge in [-0.15, -0.1) is 11.3 Å². The zero-order valence-electron chi connectivity index (χ0n) is 13.7. The Morgan fingerprint density at radius 1 is 1.38 bits per heavy atom. The van der Waals surface area contributed by atoms with Crippen molar-refractivity contribution in [2.45, 2.75) is 59.1 Å². The molecule has 2 rings (SSSR count). The summed E-state index contributed by atoms with van der Waals surface area (Å²) in [5, 5.41) is 1.31. The molecule has 0 spiro atoms. The fourth-order valence-electron chi connectivity index (χ4n) is 2.35. The van der Waals surface area contributed by atoms with E-state index in [4.69, 9.17) is 4.99 Å². The van der Waals surface area contributed by atoms with E-state index in [-0.39, 0.29) is 9.86 Å². The van der Waals surface area contributed by atoms with Crippen LogP contribution in [0.2, 0.25) is 0 Å². The Labute approximate surface area is 135 Å². The lowest BCUT2D eigenvalue weighted by atomic mass is 10.0. The maximum atomic E-state index is 12.4. The summed E-state index contributed by atoms with van der Waals surface area (Å²) in [5.74, 6) is 0. The van der Waals surface area contributed by atoms with E-state index >= 15 is 0 Å². The molecule has 114 valence electrons. The van der Waals surface area contributed by atoms with Crippen LogP contribution in [0, 0.1) is 0 Å². The molecule has 0 N–H and O–H groups in total. The summed E-state index contributed by atoms with van der Waals surface area (Å²) in [6, 6.07) is 2.03. The highest BCUT2D eigenvalue weighted by Gasteiger charge is 2.20. The van der Waals surface area contributed by atoms with E-state index < -0.39 is 0 Å². The minimum absolute atomic E-state index is 0.0560. The van der Waals surface area contributed by atoms with Crippen LogP contribution in [-0.4, -0.2) is 9.86 Å². The topological polar surface area (TPSA) is 29.4 Å². The molecule has 4 heteroatoms. The smallest absolute Gasteiger partial charge is 0.229 e. The van der Waals surface area contributed by atoms with Gasteiger partial charge in [-0.2, -0.15) is 0 Å². The van der Waals surface area contributed by atoms with E-state index in [1.807, 2.05) is 6.07 Å². The summed E-state index contributed by atoms with van der Waals surface area (Å²) in [6.07, 6.45) is 2.00.